The molecule has 0 saturated heterocycles. The Balaban J connectivity index is 1.96. The number of aryl methyl sites for hydroxylation is 2. The van der Waals surface area contributed by atoms with E-state index in [4.69, 9.17) is 0 Å². The molecule has 0 aliphatic heterocycles. The molecule has 3 rings (SSSR count). The standard InChI is InChI=1S/C16H19F2N3/c1-10-5-11(2)7-14(6-10)21-15(16(17)18)12(9-20-21)8-19-13-3-4-13/h5-7,9,13,16,19H,3-4,8H2,1-2H3. The zero-order valence-electron chi connectivity index (χ0n) is 12.2. The number of nitrogens with zero attached hydrogens (tertiary/aromatic N) is 2. The molecule has 2 aromatic rings. The Morgan fingerprint density at radius 1 is 1.24 bits per heavy atom. The van der Waals surface area contributed by atoms with E-state index in [1.807, 2.05) is 32.0 Å². The van der Waals surface area contributed by atoms with Gasteiger partial charge in [0.15, 0.2) is 0 Å². The highest BCUT2D eigenvalue weighted by Gasteiger charge is 2.24. The highest BCUT2D eigenvalue weighted by Crippen LogP contribution is 2.27. The Kier molecular flexibility index (Phi) is 3.76. The lowest BCUT2D eigenvalue weighted by Gasteiger charge is -2.11. The van der Waals surface area contributed by atoms with Gasteiger partial charge in [0, 0.05) is 18.2 Å². The molecular formula is C16H19F2N3. The number of hydrogen-bond acceptors (Lipinski definition) is 2. The van der Waals surface area contributed by atoms with Crippen LogP contribution in [0.15, 0.2) is 24.4 Å². The van der Waals surface area contributed by atoms with Crippen molar-refractivity contribution in [2.75, 3.05) is 0 Å². The van der Waals surface area contributed by atoms with Crippen LogP contribution in [0.25, 0.3) is 5.69 Å². The Hall–Kier alpha value is -1.75. The van der Waals surface area contributed by atoms with Gasteiger partial charge >= 0.3 is 0 Å². The zero-order valence-corrected chi connectivity index (χ0v) is 12.2. The molecule has 0 unspecified atom stereocenters. The molecule has 112 valence electrons. The largest absolute Gasteiger partial charge is 0.310 e. The van der Waals surface area contributed by atoms with Crippen molar-refractivity contribution in [2.45, 2.75) is 45.7 Å². The predicted molar refractivity (Wildman–Crippen MR) is 77.9 cm³/mol. The summed E-state index contributed by atoms with van der Waals surface area (Å²) in [5.41, 5.74) is 3.35. The fourth-order valence-electron chi connectivity index (χ4n) is 2.58. The van der Waals surface area contributed by atoms with E-state index in [1.54, 1.807) is 6.20 Å². The van der Waals surface area contributed by atoms with Gasteiger partial charge in [-0.05, 0) is 49.9 Å². The Morgan fingerprint density at radius 3 is 2.48 bits per heavy atom. The molecule has 1 aromatic carbocycles. The molecule has 1 aliphatic rings. The second-order valence-corrected chi connectivity index (χ2v) is 5.77. The van der Waals surface area contributed by atoms with Crippen LogP contribution in [0.1, 0.15) is 41.7 Å². The highest BCUT2D eigenvalue weighted by molar-refractivity contribution is 5.41. The Morgan fingerprint density at radius 2 is 1.90 bits per heavy atom. The van der Waals surface area contributed by atoms with E-state index in [1.165, 1.54) is 4.68 Å². The van der Waals surface area contributed by atoms with Gasteiger partial charge < -0.3 is 5.32 Å². The molecule has 1 aromatic heterocycles. The number of halogens is 2. The maximum atomic E-state index is 13.5. The van der Waals surface area contributed by atoms with E-state index in [2.05, 4.69) is 10.4 Å². The van der Waals surface area contributed by atoms with E-state index in [0.717, 1.165) is 24.0 Å². The summed E-state index contributed by atoms with van der Waals surface area (Å²) in [5.74, 6) is 0. The van der Waals surface area contributed by atoms with Crippen molar-refractivity contribution >= 4 is 0 Å². The van der Waals surface area contributed by atoms with E-state index >= 15 is 0 Å². The predicted octanol–water partition coefficient (Wildman–Crippen LogP) is 3.68. The highest BCUT2D eigenvalue weighted by atomic mass is 19.3. The molecule has 3 nitrogen and oxygen atoms in total. The molecule has 1 fully saturated rings. The van der Waals surface area contributed by atoms with Gasteiger partial charge in [0.1, 0.15) is 5.69 Å². The van der Waals surface area contributed by atoms with Crippen molar-refractivity contribution < 1.29 is 8.78 Å². The Labute approximate surface area is 123 Å². The Bertz CT molecular complexity index is 625. The minimum atomic E-state index is -2.54. The van der Waals surface area contributed by atoms with Crippen LogP contribution < -0.4 is 5.32 Å². The van der Waals surface area contributed by atoms with Gasteiger partial charge in [-0.25, -0.2) is 13.5 Å². The van der Waals surface area contributed by atoms with Crippen molar-refractivity contribution in [1.82, 2.24) is 15.1 Å². The van der Waals surface area contributed by atoms with Gasteiger partial charge in [-0.3, -0.25) is 0 Å². The topological polar surface area (TPSA) is 29.9 Å². The second kappa shape index (κ2) is 5.56. The molecule has 0 spiro atoms. The van der Waals surface area contributed by atoms with Crippen LogP contribution in [0.3, 0.4) is 0 Å². The van der Waals surface area contributed by atoms with Crippen molar-refractivity contribution in [3.05, 3.63) is 46.8 Å². The van der Waals surface area contributed by atoms with Gasteiger partial charge in [-0.15, -0.1) is 0 Å². The summed E-state index contributed by atoms with van der Waals surface area (Å²) < 4.78 is 28.3. The number of nitrogens with one attached hydrogen (secondary N) is 1. The van der Waals surface area contributed by atoms with E-state index < -0.39 is 6.43 Å². The van der Waals surface area contributed by atoms with Crippen molar-refractivity contribution in [1.29, 1.82) is 0 Å². The number of alkyl halides is 2. The lowest BCUT2D eigenvalue weighted by atomic mass is 10.1. The first-order valence-electron chi connectivity index (χ1n) is 7.21. The average molecular weight is 291 g/mol. The third-order valence-corrected chi connectivity index (χ3v) is 3.70. The number of hydrogen-bond donors (Lipinski definition) is 1. The van der Waals surface area contributed by atoms with Gasteiger partial charge in [0.25, 0.3) is 6.43 Å². The quantitative estimate of drug-likeness (QED) is 0.910. The van der Waals surface area contributed by atoms with Gasteiger partial charge in [0.2, 0.25) is 0 Å². The lowest BCUT2D eigenvalue weighted by Crippen LogP contribution is -2.16. The molecular weight excluding hydrogens is 272 g/mol. The van der Waals surface area contributed by atoms with E-state index in [-0.39, 0.29) is 5.69 Å². The number of aromatic nitrogens is 2. The molecule has 1 saturated carbocycles. The fourth-order valence-corrected chi connectivity index (χ4v) is 2.58. The summed E-state index contributed by atoms with van der Waals surface area (Å²) in [6, 6.07) is 6.26. The number of benzene rings is 1. The van der Waals surface area contributed by atoms with Gasteiger partial charge in [0.05, 0.1) is 11.9 Å². The van der Waals surface area contributed by atoms with E-state index in [0.29, 0.717) is 23.8 Å². The second-order valence-electron chi connectivity index (χ2n) is 5.77. The zero-order chi connectivity index (χ0) is 15.0. The monoisotopic (exact) mass is 291 g/mol. The molecule has 1 N–H and O–H groups in total. The smallest absolute Gasteiger partial charge is 0.280 e. The fraction of sp³-hybridized carbons (Fsp3) is 0.438. The summed E-state index contributed by atoms with van der Waals surface area (Å²) in [4.78, 5) is 0. The first-order valence-corrected chi connectivity index (χ1v) is 7.21. The minimum Gasteiger partial charge on any atom is -0.310 e. The van der Waals surface area contributed by atoms with Crippen molar-refractivity contribution in [3.63, 3.8) is 0 Å². The maximum absolute atomic E-state index is 13.5. The normalized spacial score (nSPS) is 14.9. The summed E-state index contributed by atoms with van der Waals surface area (Å²) in [6.07, 6.45) is 1.28. The molecule has 0 bridgehead atoms. The first-order chi connectivity index (χ1) is 10.0. The first kappa shape index (κ1) is 14.2. The summed E-state index contributed by atoms with van der Waals surface area (Å²) in [5, 5.41) is 7.45. The SMILES string of the molecule is Cc1cc(C)cc(-n2ncc(CNC3CC3)c2C(F)F)c1. The van der Waals surface area contributed by atoms with Gasteiger partial charge in [-0.2, -0.15) is 5.10 Å². The van der Waals surface area contributed by atoms with Crippen molar-refractivity contribution in [2.24, 2.45) is 0 Å². The molecule has 1 heterocycles. The molecule has 1 aliphatic carbocycles. The third kappa shape index (κ3) is 3.13. The third-order valence-electron chi connectivity index (χ3n) is 3.70. The summed E-state index contributed by atoms with van der Waals surface area (Å²) in [6.45, 7) is 4.37. The molecule has 21 heavy (non-hydrogen) atoms. The molecule has 0 amide bonds. The van der Waals surface area contributed by atoms with Crippen LogP contribution in [-0.2, 0) is 6.54 Å². The number of rotatable bonds is 5. The molecule has 0 radical (unpaired) electrons. The summed E-state index contributed by atoms with van der Waals surface area (Å²) in [7, 11) is 0. The van der Waals surface area contributed by atoms with Crippen LogP contribution in [0.2, 0.25) is 0 Å². The van der Waals surface area contributed by atoms with Gasteiger partial charge in [-0.1, -0.05) is 6.07 Å². The van der Waals surface area contributed by atoms with Crippen LogP contribution >= 0.6 is 0 Å². The average Bonchev–Trinajstić information content (AvgIpc) is 3.12. The van der Waals surface area contributed by atoms with E-state index in [9.17, 15) is 8.78 Å². The summed E-state index contributed by atoms with van der Waals surface area (Å²) >= 11 is 0. The van der Waals surface area contributed by atoms with Crippen LogP contribution in [0.5, 0.6) is 0 Å². The van der Waals surface area contributed by atoms with Crippen LogP contribution in [-0.4, -0.2) is 15.8 Å². The van der Waals surface area contributed by atoms with Crippen molar-refractivity contribution in [3.8, 4) is 5.69 Å². The molecule has 0 atom stereocenters. The molecule has 5 heteroatoms. The maximum Gasteiger partial charge on any atom is 0.280 e. The minimum absolute atomic E-state index is 0.00634. The van der Waals surface area contributed by atoms with Crippen LogP contribution in [0, 0.1) is 13.8 Å². The van der Waals surface area contributed by atoms with Crippen LogP contribution in [0.4, 0.5) is 8.78 Å². The lowest BCUT2D eigenvalue weighted by molar-refractivity contribution is 0.141.